The average Bonchev–Trinajstić information content (AvgIpc) is 3.32. The molecule has 1 aromatic heterocycles. The van der Waals surface area contributed by atoms with Crippen molar-refractivity contribution < 1.29 is 4.74 Å². The first-order valence-electron chi connectivity index (χ1n) is 19.2. The minimum absolute atomic E-state index is 0.511. The summed E-state index contributed by atoms with van der Waals surface area (Å²) in [7, 11) is 0. The highest BCUT2D eigenvalue weighted by Crippen LogP contribution is 2.52. The van der Waals surface area contributed by atoms with Crippen LogP contribution in [-0.4, -0.2) is 15.0 Å². The number of rotatable bonds is 7. The summed E-state index contributed by atoms with van der Waals surface area (Å²) < 4.78 is 7.25. The van der Waals surface area contributed by atoms with Gasteiger partial charge in [-0.05, 0) is 88.5 Å². The standard InChI is InChI=1S/C53H34N4O/c54-35-36-25-27-39(28-26-36)50-55-51(57-52(56-50)43-32-41(37-15-5-1-6-16-37)31-42(33-43)38-17-7-2-8-18-38)40-29-30-49-47(34-40)46-23-13-14-24-48(46)53(58-49,44-19-9-3-10-20-44)45-21-11-4-12-22-45/h1-34H. The summed E-state index contributed by atoms with van der Waals surface area (Å²) in [6.45, 7) is 0. The SMILES string of the molecule is N#Cc1ccc(-c2nc(-c3cc(-c4ccccc4)cc(-c4ccccc4)c3)nc(-c3ccc4c(c3)-c3ccccc3C(c3ccccc3)(c3ccccc3)O4)n2)cc1. The molecule has 0 atom stereocenters. The Bertz CT molecular complexity index is 2860. The van der Waals surface area contributed by atoms with E-state index in [-0.39, 0.29) is 0 Å². The van der Waals surface area contributed by atoms with Gasteiger partial charge in [0.2, 0.25) is 0 Å². The lowest BCUT2D eigenvalue weighted by Gasteiger charge is -2.41. The van der Waals surface area contributed by atoms with Crippen molar-refractivity contribution in [3.05, 3.63) is 229 Å². The van der Waals surface area contributed by atoms with Crippen molar-refractivity contribution in [3.63, 3.8) is 0 Å². The predicted molar refractivity (Wildman–Crippen MR) is 231 cm³/mol. The van der Waals surface area contributed by atoms with E-state index in [0.29, 0.717) is 23.0 Å². The van der Waals surface area contributed by atoms with Gasteiger partial charge in [0, 0.05) is 38.9 Å². The van der Waals surface area contributed by atoms with Crippen LogP contribution in [0.3, 0.4) is 0 Å². The number of hydrogen-bond acceptors (Lipinski definition) is 5. The van der Waals surface area contributed by atoms with Crippen molar-refractivity contribution >= 4 is 0 Å². The zero-order chi connectivity index (χ0) is 38.9. The third kappa shape index (κ3) is 6.20. The summed E-state index contributed by atoms with van der Waals surface area (Å²) in [5, 5.41) is 9.55. The molecule has 0 fully saturated rings. The fourth-order valence-corrected chi connectivity index (χ4v) is 7.96. The van der Waals surface area contributed by atoms with Crippen LogP contribution in [0.25, 0.3) is 67.5 Å². The minimum Gasteiger partial charge on any atom is -0.472 e. The highest BCUT2D eigenvalue weighted by Gasteiger charge is 2.44. The monoisotopic (exact) mass is 742 g/mol. The molecule has 5 heteroatoms. The molecule has 0 aliphatic carbocycles. The third-order valence-corrected chi connectivity index (χ3v) is 10.8. The van der Waals surface area contributed by atoms with Gasteiger partial charge in [0.05, 0.1) is 11.6 Å². The van der Waals surface area contributed by atoms with Crippen LogP contribution >= 0.6 is 0 Å². The van der Waals surface area contributed by atoms with Gasteiger partial charge in [0.1, 0.15) is 5.75 Å². The summed E-state index contributed by atoms with van der Waals surface area (Å²) in [5.74, 6) is 2.34. The Balaban J connectivity index is 1.16. The Kier molecular flexibility index (Phi) is 8.70. The minimum atomic E-state index is -0.864. The molecule has 0 N–H and O–H groups in total. The van der Waals surface area contributed by atoms with Gasteiger partial charge in [-0.15, -0.1) is 0 Å². The molecule has 8 aromatic carbocycles. The maximum atomic E-state index is 9.55. The van der Waals surface area contributed by atoms with Crippen LogP contribution in [0.15, 0.2) is 206 Å². The molecule has 0 amide bonds. The fourth-order valence-electron chi connectivity index (χ4n) is 7.96. The summed E-state index contributed by atoms with van der Waals surface area (Å²) in [6.07, 6.45) is 0. The van der Waals surface area contributed by atoms with E-state index in [2.05, 4.69) is 152 Å². The van der Waals surface area contributed by atoms with Gasteiger partial charge < -0.3 is 4.74 Å². The van der Waals surface area contributed by atoms with E-state index in [0.717, 1.165) is 72.5 Å². The number of hydrogen-bond donors (Lipinski definition) is 0. The molecule has 272 valence electrons. The lowest BCUT2D eigenvalue weighted by atomic mass is 9.75. The van der Waals surface area contributed by atoms with Gasteiger partial charge in [0.15, 0.2) is 23.1 Å². The van der Waals surface area contributed by atoms with E-state index >= 15 is 0 Å². The number of fused-ring (bicyclic) bond motifs is 3. The molecule has 0 bridgehead atoms. The first-order chi connectivity index (χ1) is 28.7. The van der Waals surface area contributed by atoms with Crippen molar-refractivity contribution in [2.45, 2.75) is 5.60 Å². The van der Waals surface area contributed by atoms with Crippen LogP contribution in [0.2, 0.25) is 0 Å². The third-order valence-electron chi connectivity index (χ3n) is 10.8. The van der Waals surface area contributed by atoms with Crippen LogP contribution in [-0.2, 0) is 5.60 Å². The molecule has 0 saturated heterocycles. The van der Waals surface area contributed by atoms with Crippen molar-refractivity contribution in [3.8, 4) is 79.4 Å². The molecule has 0 spiro atoms. The molecule has 2 heterocycles. The summed E-state index contributed by atoms with van der Waals surface area (Å²) in [5.41, 5.74) is 11.7. The molecule has 1 aliphatic rings. The number of nitrogens with zero attached hydrogens (tertiary/aromatic N) is 4. The van der Waals surface area contributed by atoms with Crippen LogP contribution in [0.5, 0.6) is 5.75 Å². The van der Waals surface area contributed by atoms with E-state index < -0.39 is 5.60 Å². The summed E-state index contributed by atoms with van der Waals surface area (Å²) in [6, 6.07) is 72.4. The Morgan fingerprint density at radius 3 is 1.41 bits per heavy atom. The molecule has 58 heavy (non-hydrogen) atoms. The zero-order valence-electron chi connectivity index (χ0n) is 31.3. The Morgan fingerprint density at radius 2 is 0.845 bits per heavy atom. The quantitative estimate of drug-likeness (QED) is 0.163. The van der Waals surface area contributed by atoms with E-state index in [4.69, 9.17) is 19.7 Å². The van der Waals surface area contributed by atoms with Crippen molar-refractivity contribution in [1.82, 2.24) is 15.0 Å². The van der Waals surface area contributed by atoms with Gasteiger partial charge in [-0.1, -0.05) is 146 Å². The molecule has 0 saturated carbocycles. The second kappa shape index (κ2) is 14.6. The number of aromatic nitrogens is 3. The highest BCUT2D eigenvalue weighted by molar-refractivity contribution is 5.84. The smallest absolute Gasteiger partial charge is 0.185 e. The Hall–Kier alpha value is -7.94. The molecule has 0 radical (unpaired) electrons. The van der Waals surface area contributed by atoms with Crippen molar-refractivity contribution in [1.29, 1.82) is 5.26 Å². The zero-order valence-corrected chi connectivity index (χ0v) is 31.3. The highest BCUT2D eigenvalue weighted by atomic mass is 16.5. The lowest BCUT2D eigenvalue weighted by molar-refractivity contribution is 0.152. The maximum Gasteiger partial charge on any atom is 0.185 e. The molecule has 10 rings (SSSR count). The molecule has 5 nitrogen and oxygen atoms in total. The van der Waals surface area contributed by atoms with Gasteiger partial charge in [-0.2, -0.15) is 5.26 Å². The first kappa shape index (κ1) is 34.5. The van der Waals surface area contributed by atoms with Gasteiger partial charge in [-0.25, -0.2) is 15.0 Å². The first-order valence-corrected chi connectivity index (χ1v) is 19.2. The van der Waals surface area contributed by atoms with Gasteiger partial charge in [0.25, 0.3) is 0 Å². The average molecular weight is 743 g/mol. The summed E-state index contributed by atoms with van der Waals surface area (Å²) in [4.78, 5) is 15.4. The number of benzene rings is 8. The normalized spacial score (nSPS) is 12.4. The predicted octanol–water partition coefficient (Wildman–Crippen LogP) is 12.4. The second-order valence-electron chi connectivity index (χ2n) is 14.3. The van der Waals surface area contributed by atoms with E-state index in [1.165, 1.54) is 0 Å². The number of nitriles is 1. The van der Waals surface area contributed by atoms with Crippen LogP contribution in [0.1, 0.15) is 22.3 Å². The van der Waals surface area contributed by atoms with E-state index in [9.17, 15) is 5.26 Å². The van der Waals surface area contributed by atoms with E-state index in [1.807, 2.05) is 48.5 Å². The molecule has 1 aliphatic heterocycles. The largest absolute Gasteiger partial charge is 0.472 e. The number of ether oxygens (including phenoxy) is 1. The van der Waals surface area contributed by atoms with Crippen LogP contribution in [0.4, 0.5) is 0 Å². The Morgan fingerprint density at radius 1 is 0.379 bits per heavy atom. The lowest BCUT2D eigenvalue weighted by Crippen LogP contribution is -2.38. The maximum absolute atomic E-state index is 9.55. The van der Waals surface area contributed by atoms with E-state index in [1.54, 1.807) is 12.1 Å². The fraction of sp³-hybridized carbons (Fsp3) is 0.0189. The molecular formula is C53H34N4O. The van der Waals surface area contributed by atoms with Gasteiger partial charge in [-0.3, -0.25) is 0 Å². The molecular weight excluding hydrogens is 709 g/mol. The van der Waals surface area contributed by atoms with Gasteiger partial charge >= 0.3 is 0 Å². The van der Waals surface area contributed by atoms with Crippen LogP contribution in [0, 0.1) is 11.3 Å². The van der Waals surface area contributed by atoms with Crippen LogP contribution < -0.4 is 4.74 Å². The molecule has 9 aromatic rings. The molecule has 0 unspecified atom stereocenters. The summed E-state index contributed by atoms with van der Waals surface area (Å²) >= 11 is 0. The topological polar surface area (TPSA) is 71.7 Å². The second-order valence-corrected chi connectivity index (χ2v) is 14.3. The van der Waals surface area contributed by atoms with Crippen molar-refractivity contribution in [2.24, 2.45) is 0 Å². The Labute approximate surface area is 337 Å². The van der Waals surface area contributed by atoms with Crippen molar-refractivity contribution in [2.75, 3.05) is 0 Å².